The largest absolute Gasteiger partial charge is 0.497 e. The fourth-order valence-electron chi connectivity index (χ4n) is 5.83. The van der Waals surface area contributed by atoms with Gasteiger partial charge >= 0.3 is 0 Å². The number of aromatic nitrogens is 1. The van der Waals surface area contributed by atoms with Crippen molar-refractivity contribution >= 4 is 10.9 Å². The SMILES string of the molecule is CCC1C2CCN3C(Cc4ccnc5ccc(OC)cc45)CC123. The Kier molecular flexibility index (Phi) is 2.82. The standard InChI is InChI=1S/C20H24N2O/c1-3-17-18-7-9-22-14(12-20(17,18)22)10-13-6-8-21-19-5-4-15(23-2)11-16(13)19/h4-6,8,11,14,17-18H,3,7,9-10,12H2,1-2H3. The minimum absolute atomic E-state index is 0.625. The normalized spacial score (nSPS) is 34.8. The lowest BCUT2D eigenvalue weighted by molar-refractivity contribution is 0.00434. The zero-order valence-electron chi connectivity index (χ0n) is 14.0. The molecule has 2 saturated heterocycles. The first-order valence-corrected chi connectivity index (χ1v) is 8.96. The van der Waals surface area contributed by atoms with Gasteiger partial charge in [0.25, 0.3) is 0 Å². The Bertz CT molecular complexity index is 767. The molecule has 1 aromatic carbocycles. The van der Waals surface area contributed by atoms with Gasteiger partial charge in [0.15, 0.2) is 0 Å². The molecular formula is C20H24N2O. The molecule has 5 rings (SSSR count). The van der Waals surface area contributed by atoms with Gasteiger partial charge in [-0.2, -0.15) is 0 Å². The molecule has 23 heavy (non-hydrogen) atoms. The summed E-state index contributed by atoms with van der Waals surface area (Å²) in [5.41, 5.74) is 3.13. The molecule has 0 radical (unpaired) electrons. The fraction of sp³-hybridized carbons (Fsp3) is 0.550. The summed E-state index contributed by atoms with van der Waals surface area (Å²) in [5.74, 6) is 2.92. The lowest BCUT2D eigenvalue weighted by Gasteiger charge is -2.49. The monoisotopic (exact) mass is 308 g/mol. The number of hydrogen-bond acceptors (Lipinski definition) is 3. The molecule has 3 aliphatic rings. The molecule has 0 N–H and O–H groups in total. The highest BCUT2D eigenvalue weighted by Gasteiger charge is 2.75. The lowest BCUT2D eigenvalue weighted by atomic mass is 9.84. The summed E-state index contributed by atoms with van der Waals surface area (Å²) in [6.07, 6.45) is 7.31. The lowest BCUT2D eigenvalue weighted by Crippen LogP contribution is -2.58. The maximum Gasteiger partial charge on any atom is 0.119 e. The number of rotatable bonds is 4. The zero-order valence-corrected chi connectivity index (χ0v) is 14.0. The smallest absolute Gasteiger partial charge is 0.119 e. The van der Waals surface area contributed by atoms with Crippen molar-refractivity contribution in [1.82, 2.24) is 9.88 Å². The molecule has 1 spiro atoms. The predicted octanol–water partition coefficient (Wildman–Crippen LogP) is 3.66. The van der Waals surface area contributed by atoms with Crippen LogP contribution in [0.1, 0.15) is 31.7 Å². The van der Waals surface area contributed by atoms with Gasteiger partial charge in [0.2, 0.25) is 0 Å². The van der Waals surface area contributed by atoms with Crippen LogP contribution in [0.25, 0.3) is 10.9 Å². The first-order chi connectivity index (χ1) is 11.3. The van der Waals surface area contributed by atoms with Crippen molar-refractivity contribution in [3.05, 3.63) is 36.0 Å². The van der Waals surface area contributed by atoms with Crippen LogP contribution < -0.4 is 4.74 Å². The zero-order chi connectivity index (χ0) is 15.6. The van der Waals surface area contributed by atoms with Crippen LogP contribution in [0.4, 0.5) is 0 Å². The highest BCUT2D eigenvalue weighted by molar-refractivity contribution is 5.83. The average Bonchev–Trinajstić information content (AvgIpc) is 3.13. The Morgan fingerprint density at radius 2 is 2.26 bits per heavy atom. The second-order valence-electron chi connectivity index (χ2n) is 7.51. The van der Waals surface area contributed by atoms with E-state index in [0.717, 1.165) is 35.6 Å². The van der Waals surface area contributed by atoms with Crippen molar-refractivity contribution < 1.29 is 4.74 Å². The molecule has 120 valence electrons. The molecule has 1 aliphatic carbocycles. The molecule has 1 saturated carbocycles. The van der Waals surface area contributed by atoms with Crippen molar-refractivity contribution in [3.8, 4) is 5.75 Å². The molecule has 0 amide bonds. The number of benzene rings is 1. The molecule has 3 fully saturated rings. The Labute approximate surface area is 137 Å². The molecule has 3 heteroatoms. The van der Waals surface area contributed by atoms with Crippen LogP contribution in [-0.2, 0) is 6.42 Å². The molecule has 1 aromatic heterocycles. The van der Waals surface area contributed by atoms with E-state index in [9.17, 15) is 0 Å². The average molecular weight is 308 g/mol. The van der Waals surface area contributed by atoms with Crippen molar-refractivity contribution in [2.24, 2.45) is 11.8 Å². The maximum atomic E-state index is 5.41. The van der Waals surface area contributed by atoms with E-state index in [1.807, 2.05) is 12.3 Å². The molecule has 3 heterocycles. The minimum atomic E-state index is 0.625. The van der Waals surface area contributed by atoms with Crippen LogP contribution in [0.15, 0.2) is 30.5 Å². The van der Waals surface area contributed by atoms with Gasteiger partial charge in [0.1, 0.15) is 5.75 Å². The van der Waals surface area contributed by atoms with E-state index in [4.69, 9.17) is 4.74 Å². The van der Waals surface area contributed by atoms with E-state index in [1.165, 1.54) is 36.8 Å². The second-order valence-corrected chi connectivity index (χ2v) is 7.51. The minimum Gasteiger partial charge on any atom is -0.497 e. The first kappa shape index (κ1) is 13.8. The summed E-state index contributed by atoms with van der Waals surface area (Å²) >= 11 is 0. The van der Waals surface area contributed by atoms with Crippen LogP contribution in [0.5, 0.6) is 5.75 Å². The Morgan fingerprint density at radius 3 is 3.04 bits per heavy atom. The predicted molar refractivity (Wildman–Crippen MR) is 91.7 cm³/mol. The van der Waals surface area contributed by atoms with Gasteiger partial charge in [0, 0.05) is 23.2 Å². The van der Waals surface area contributed by atoms with E-state index in [0.29, 0.717) is 5.54 Å². The Balaban J connectivity index is 1.43. The molecule has 2 aliphatic heterocycles. The van der Waals surface area contributed by atoms with Gasteiger partial charge in [-0.3, -0.25) is 9.88 Å². The van der Waals surface area contributed by atoms with Crippen LogP contribution in [-0.4, -0.2) is 35.1 Å². The number of fused-ring (bicyclic) bond motifs is 1. The second kappa shape index (κ2) is 4.70. The van der Waals surface area contributed by atoms with Crippen molar-refractivity contribution in [1.29, 1.82) is 0 Å². The number of piperidine rings is 1. The van der Waals surface area contributed by atoms with Gasteiger partial charge in [-0.25, -0.2) is 0 Å². The summed E-state index contributed by atoms with van der Waals surface area (Å²) in [4.78, 5) is 7.34. The maximum absolute atomic E-state index is 5.41. The Hall–Kier alpha value is -1.61. The first-order valence-electron chi connectivity index (χ1n) is 8.96. The molecule has 4 unspecified atom stereocenters. The van der Waals surface area contributed by atoms with Gasteiger partial charge in [-0.15, -0.1) is 0 Å². The van der Waals surface area contributed by atoms with Crippen LogP contribution in [0.2, 0.25) is 0 Å². The third-order valence-corrected chi connectivity index (χ3v) is 6.81. The van der Waals surface area contributed by atoms with Crippen molar-refractivity contribution in [2.45, 2.75) is 44.2 Å². The van der Waals surface area contributed by atoms with E-state index < -0.39 is 0 Å². The Morgan fingerprint density at radius 1 is 1.35 bits per heavy atom. The summed E-state index contributed by atoms with van der Waals surface area (Å²) in [6, 6.07) is 9.14. The fourth-order valence-corrected chi connectivity index (χ4v) is 5.83. The molecular weight excluding hydrogens is 284 g/mol. The highest BCUT2D eigenvalue weighted by atomic mass is 16.5. The molecule has 0 bridgehead atoms. The van der Waals surface area contributed by atoms with Gasteiger partial charge < -0.3 is 4.74 Å². The number of nitrogens with zero attached hydrogens (tertiary/aromatic N) is 2. The van der Waals surface area contributed by atoms with Gasteiger partial charge in [0.05, 0.1) is 12.6 Å². The van der Waals surface area contributed by atoms with E-state index in [1.54, 1.807) is 7.11 Å². The quantitative estimate of drug-likeness (QED) is 0.862. The van der Waals surface area contributed by atoms with Gasteiger partial charge in [-0.1, -0.05) is 13.3 Å². The number of pyridine rings is 1. The summed E-state index contributed by atoms with van der Waals surface area (Å²) in [5, 5.41) is 1.26. The summed E-state index contributed by atoms with van der Waals surface area (Å²) in [7, 11) is 1.73. The van der Waals surface area contributed by atoms with Crippen LogP contribution in [0.3, 0.4) is 0 Å². The van der Waals surface area contributed by atoms with Gasteiger partial charge in [-0.05, 0) is 67.5 Å². The van der Waals surface area contributed by atoms with E-state index in [-0.39, 0.29) is 0 Å². The van der Waals surface area contributed by atoms with Crippen LogP contribution in [0, 0.1) is 11.8 Å². The molecule has 4 atom stereocenters. The topological polar surface area (TPSA) is 25.4 Å². The summed E-state index contributed by atoms with van der Waals surface area (Å²) in [6.45, 7) is 3.68. The highest BCUT2D eigenvalue weighted by Crippen LogP contribution is 2.70. The van der Waals surface area contributed by atoms with Crippen molar-refractivity contribution in [3.63, 3.8) is 0 Å². The van der Waals surface area contributed by atoms with Crippen molar-refractivity contribution in [2.75, 3.05) is 13.7 Å². The number of hydrogen-bond donors (Lipinski definition) is 0. The third-order valence-electron chi connectivity index (χ3n) is 6.81. The molecule has 2 aromatic rings. The van der Waals surface area contributed by atoms with E-state index >= 15 is 0 Å². The van der Waals surface area contributed by atoms with E-state index in [2.05, 4.69) is 35.0 Å². The third kappa shape index (κ3) is 1.72. The molecule has 3 nitrogen and oxygen atoms in total. The summed E-state index contributed by atoms with van der Waals surface area (Å²) < 4.78 is 5.41. The number of methoxy groups -OCH3 is 1. The van der Waals surface area contributed by atoms with Crippen LogP contribution >= 0.6 is 0 Å². The number of ether oxygens (including phenoxy) is 1.